The quantitative estimate of drug-likeness (QED) is 0.248. The first kappa shape index (κ1) is 13.6. The zero-order valence-electron chi connectivity index (χ0n) is 9.22. The van der Waals surface area contributed by atoms with Gasteiger partial charge in [-0.1, -0.05) is 18.2 Å². The molecule has 0 heterocycles. The Labute approximate surface area is 101 Å². The number of carbonyl (C=O) groups is 1. The topological polar surface area (TPSA) is 113 Å². The molecule has 0 saturated carbocycles. The van der Waals surface area contributed by atoms with E-state index in [9.17, 15) is 25.0 Å². The molecule has 0 fully saturated rings. The lowest BCUT2D eigenvalue weighted by Gasteiger charge is -2.04. The Morgan fingerprint density at radius 2 is 1.72 bits per heavy atom. The van der Waals surface area contributed by atoms with Crippen molar-refractivity contribution < 1.29 is 19.4 Å². The van der Waals surface area contributed by atoms with Gasteiger partial charge < -0.3 is 4.74 Å². The molecule has 0 aliphatic heterocycles. The van der Waals surface area contributed by atoms with Crippen molar-refractivity contribution in [1.29, 1.82) is 0 Å². The second-order valence-corrected chi connectivity index (χ2v) is 3.38. The standard InChI is InChI=1S/C10H10N2O6/c13-10(18-8-4-2-1-3-5-8)7-6-9(11(14)15)12(16)17/h1-5,9H,6-7H2. The minimum absolute atomic E-state index is 0.293. The first-order valence-corrected chi connectivity index (χ1v) is 5.03. The van der Waals surface area contributed by atoms with Gasteiger partial charge in [-0.05, 0) is 12.1 Å². The lowest BCUT2D eigenvalue weighted by molar-refractivity contribution is -0.742. The van der Waals surface area contributed by atoms with Crippen LogP contribution < -0.4 is 4.74 Å². The van der Waals surface area contributed by atoms with E-state index in [1.165, 1.54) is 12.1 Å². The first-order chi connectivity index (χ1) is 8.50. The molecule has 0 amide bonds. The summed E-state index contributed by atoms with van der Waals surface area (Å²) in [7, 11) is 0. The van der Waals surface area contributed by atoms with Gasteiger partial charge in [0.15, 0.2) is 0 Å². The van der Waals surface area contributed by atoms with Crippen LogP contribution in [0.25, 0.3) is 0 Å². The van der Waals surface area contributed by atoms with Crippen LogP contribution in [-0.4, -0.2) is 22.0 Å². The number of hydrogen-bond donors (Lipinski definition) is 0. The van der Waals surface area contributed by atoms with Crippen molar-refractivity contribution in [3.8, 4) is 5.75 Å². The smallest absolute Gasteiger partial charge is 0.427 e. The molecule has 18 heavy (non-hydrogen) atoms. The molecule has 0 aliphatic rings. The summed E-state index contributed by atoms with van der Waals surface area (Å²) in [6.07, 6.45) is -2.86. The number of rotatable bonds is 6. The van der Waals surface area contributed by atoms with E-state index in [2.05, 4.69) is 0 Å². The molecule has 8 heteroatoms. The maximum atomic E-state index is 11.3. The summed E-state index contributed by atoms with van der Waals surface area (Å²) in [5.74, 6) is -0.448. The molecule has 8 nitrogen and oxygen atoms in total. The molecule has 1 aromatic rings. The van der Waals surface area contributed by atoms with Gasteiger partial charge in [-0.15, -0.1) is 0 Å². The molecule has 1 aromatic carbocycles. The van der Waals surface area contributed by atoms with Crippen LogP contribution in [0.5, 0.6) is 5.75 Å². The molecular formula is C10H10N2O6. The zero-order valence-corrected chi connectivity index (χ0v) is 9.22. The highest BCUT2D eigenvalue weighted by molar-refractivity contribution is 5.72. The van der Waals surface area contributed by atoms with Gasteiger partial charge in [-0.2, -0.15) is 0 Å². The first-order valence-electron chi connectivity index (χ1n) is 5.03. The van der Waals surface area contributed by atoms with Gasteiger partial charge in [0.25, 0.3) is 0 Å². The summed E-state index contributed by atoms with van der Waals surface area (Å²) in [6, 6.07) is 8.11. The molecular weight excluding hydrogens is 244 g/mol. The summed E-state index contributed by atoms with van der Waals surface area (Å²) in [6.45, 7) is 0. The van der Waals surface area contributed by atoms with Crippen molar-refractivity contribution in [1.82, 2.24) is 0 Å². The van der Waals surface area contributed by atoms with Crippen molar-refractivity contribution in [2.24, 2.45) is 0 Å². The highest BCUT2D eigenvalue weighted by Gasteiger charge is 2.32. The van der Waals surface area contributed by atoms with E-state index in [1.807, 2.05) is 0 Å². The average molecular weight is 254 g/mol. The molecule has 0 saturated heterocycles. The second-order valence-electron chi connectivity index (χ2n) is 3.38. The molecule has 0 bridgehead atoms. The Morgan fingerprint density at radius 1 is 1.17 bits per heavy atom. The lowest BCUT2D eigenvalue weighted by Crippen LogP contribution is -2.29. The number of carbonyl (C=O) groups excluding carboxylic acids is 1. The number of hydrogen-bond acceptors (Lipinski definition) is 6. The summed E-state index contributed by atoms with van der Waals surface area (Å²) in [4.78, 5) is 29.9. The molecule has 0 radical (unpaired) electrons. The van der Waals surface area contributed by atoms with Gasteiger partial charge in [0, 0.05) is 0 Å². The molecule has 0 aromatic heterocycles. The SMILES string of the molecule is O=C(CCC([N+](=O)[O-])[N+](=O)[O-])Oc1ccccc1. The molecule has 0 N–H and O–H groups in total. The van der Waals surface area contributed by atoms with Crippen molar-refractivity contribution in [3.05, 3.63) is 50.6 Å². The number of nitro groups is 2. The van der Waals surface area contributed by atoms with E-state index in [1.54, 1.807) is 18.2 Å². The summed E-state index contributed by atoms with van der Waals surface area (Å²) in [5, 5.41) is 20.6. The molecule has 0 aliphatic carbocycles. The van der Waals surface area contributed by atoms with Crippen LogP contribution in [0.15, 0.2) is 30.3 Å². The van der Waals surface area contributed by atoms with Crippen molar-refractivity contribution >= 4 is 5.97 Å². The molecule has 96 valence electrons. The maximum absolute atomic E-state index is 11.3. The third-order valence-electron chi connectivity index (χ3n) is 2.07. The second kappa shape index (κ2) is 6.28. The highest BCUT2D eigenvalue weighted by atomic mass is 16.7. The van der Waals surface area contributed by atoms with Crippen LogP contribution in [0.4, 0.5) is 0 Å². The van der Waals surface area contributed by atoms with Gasteiger partial charge in [0.1, 0.15) is 5.75 Å². The third-order valence-corrected chi connectivity index (χ3v) is 2.07. The number of nitrogens with zero attached hydrogens (tertiary/aromatic N) is 2. The Balaban J connectivity index is 2.46. The van der Waals surface area contributed by atoms with Crippen molar-refractivity contribution in [2.45, 2.75) is 19.0 Å². The largest absolute Gasteiger partial charge is 0.451 e. The van der Waals surface area contributed by atoms with E-state index in [0.717, 1.165) is 0 Å². The fraction of sp³-hybridized carbons (Fsp3) is 0.300. The monoisotopic (exact) mass is 254 g/mol. The van der Waals surface area contributed by atoms with Crippen LogP contribution in [0.2, 0.25) is 0 Å². The number of para-hydroxylation sites is 1. The van der Waals surface area contributed by atoms with Crippen LogP contribution >= 0.6 is 0 Å². The van der Waals surface area contributed by atoms with E-state index in [0.29, 0.717) is 5.75 Å². The number of ether oxygens (including phenoxy) is 1. The average Bonchev–Trinajstić information content (AvgIpc) is 2.29. The van der Waals surface area contributed by atoms with Crippen molar-refractivity contribution in [2.75, 3.05) is 0 Å². The number of esters is 1. The zero-order chi connectivity index (χ0) is 13.5. The predicted octanol–water partition coefficient (Wildman–Crippen LogP) is 1.25. The Bertz CT molecular complexity index is 433. The molecule has 0 spiro atoms. The summed E-state index contributed by atoms with van der Waals surface area (Å²) in [5.41, 5.74) is 0. The summed E-state index contributed by atoms with van der Waals surface area (Å²) < 4.78 is 4.84. The van der Waals surface area contributed by atoms with Gasteiger partial charge in [-0.3, -0.25) is 25.0 Å². The van der Waals surface area contributed by atoms with E-state index < -0.39 is 28.4 Å². The Morgan fingerprint density at radius 3 is 2.22 bits per heavy atom. The highest BCUT2D eigenvalue weighted by Crippen LogP contribution is 2.11. The fourth-order valence-electron chi connectivity index (χ4n) is 1.21. The molecule has 0 atom stereocenters. The van der Waals surface area contributed by atoms with Crippen LogP contribution in [-0.2, 0) is 4.79 Å². The number of benzene rings is 1. The molecule has 0 unspecified atom stereocenters. The minimum Gasteiger partial charge on any atom is -0.427 e. The summed E-state index contributed by atoms with van der Waals surface area (Å²) >= 11 is 0. The van der Waals surface area contributed by atoms with Gasteiger partial charge in [0.2, 0.25) is 0 Å². The Hall–Kier alpha value is -2.51. The van der Waals surface area contributed by atoms with Crippen LogP contribution in [0, 0.1) is 20.2 Å². The normalized spacial score (nSPS) is 10.1. The van der Waals surface area contributed by atoms with E-state index >= 15 is 0 Å². The van der Waals surface area contributed by atoms with Crippen LogP contribution in [0.3, 0.4) is 0 Å². The van der Waals surface area contributed by atoms with E-state index in [-0.39, 0.29) is 6.42 Å². The van der Waals surface area contributed by atoms with Gasteiger partial charge >= 0.3 is 12.1 Å². The van der Waals surface area contributed by atoms with E-state index in [4.69, 9.17) is 4.74 Å². The third kappa shape index (κ3) is 4.16. The Kier molecular flexibility index (Phi) is 4.73. The fourth-order valence-corrected chi connectivity index (χ4v) is 1.21. The van der Waals surface area contributed by atoms with Crippen LogP contribution in [0.1, 0.15) is 12.8 Å². The minimum atomic E-state index is -1.98. The maximum Gasteiger partial charge on any atom is 0.451 e. The van der Waals surface area contributed by atoms with Gasteiger partial charge in [-0.25, -0.2) is 0 Å². The predicted molar refractivity (Wildman–Crippen MR) is 59.1 cm³/mol. The lowest BCUT2D eigenvalue weighted by atomic mass is 10.2. The van der Waals surface area contributed by atoms with Gasteiger partial charge in [0.05, 0.1) is 22.7 Å². The van der Waals surface area contributed by atoms with Crippen molar-refractivity contribution in [3.63, 3.8) is 0 Å². The molecule has 1 rings (SSSR count).